The number of aromatic nitrogens is 3. The summed E-state index contributed by atoms with van der Waals surface area (Å²) >= 11 is 0. The van der Waals surface area contributed by atoms with Crippen LogP contribution < -0.4 is 9.64 Å². The summed E-state index contributed by atoms with van der Waals surface area (Å²) in [7, 11) is 1.69. The third-order valence-corrected chi connectivity index (χ3v) is 4.87. The van der Waals surface area contributed by atoms with E-state index in [-0.39, 0.29) is 0 Å². The van der Waals surface area contributed by atoms with Crippen LogP contribution >= 0.6 is 0 Å². The quantitative estimate of drug-likeness (QED) is 0.508. The van der Waals surface area contributed by atoms with Crippen molar-refractivity contribution >= 4 is 27.8 Å². The molecule has 138 valence electrons. The van der Waals surface area contributed by atoms with E-state index >= 15 is 0 Å². The number of nitrogens with one attached hydrogen (secondary N) is 1. The molecular weight excluding hydrogens is 336 g/mol. The lowest BCUT2D eigenvalue weighted by Gasteiger charge is -2.24. The summed E-state index contributed by atoms with van der Waals surface area (Å²) in [4.78, 5) is 15.1. The largest absolute Gasteiger partial charge is 0.496 e. The van der Waals surface area contributed by atoms with Gasteiger partial charge in [-0.15, -0.1) is 0 Å². The highest BCUT2D eigenvalue weighted by molar-refractivity contribution is 6.11. The molecule has 0 spiro atoms. The summed E-state index contributed by atoms with van der Waals surface area (Å²) < 4.78 is 5.56. The monoisotopic (exact) mass is 360 g/mol. The first-order chi connectivity index (χ1) is 13.3. The molecule has 1 N–H and O–H groups in total. The van der Waals surface area contributed by atoms with Crippen LogP contribution in [0.3, 0.4) is 0 Å². The van der Waals surface area contributed by atoms with Crippen molar-refractivity contribution in [2.75, 3.05) is 18.6 Å². The molecule has 4 rings (SSSR count). The van der Waals surface area contributed by atoms with E-state index in [1.54, 1.807) is 13.4 Å². The van der Waals surface area contributed by atoms with Gasteiger partial charge in [0.15, 0.2) is 5.82 Å². The van der Waals surface area contributed by atoms with Gasteiger partial charge in [0.1, 0.15) is 23.1 Å². The van der Waals surface area contributed by atoms with Gasteiger partial charge >= 0.3 is 0 Å². The molecule has 0 saturated carbocycles. The predicted octanol–water partition coefficient (Wildman–Crippen LogP) is 4.93. The van der Waals surface area contributed by atoms with Crippen molar-refractivity contribution in [2.24, 2.45) is 0 Å². The number of hydrogen-bond acceptors (Lipinski definition) is 4. The van der Waals surface area contributed by atoms with Gasteiger partial charge in [-0.3, -0.25) is 0 Å². The molecule has 0 amide bonds. The number of H-pyrrole nitrogens is 1. The van der Waals surface area contributed by atoms with Crippen molar-refractivity contribution in [1.29, 1.82) is 0 Å². The summed E-state index contributed by atoms with van der Waals surface area (Å²) in [5.74, 6) is 1.77. The molecule has 0 aliphatic heterocycles. The number of benzene rings is 2. The van der Waals surface area contributed by atoms with Crippen molar-refractivity contribution in [3.63, 3.8) is 0 Å². The number of ether oxygens (including phenoxy) is 1. The van der Waals surface area contributed by atoms with Crippen molar-refractivity contribution in [1.82, 2.24) is 15.0 Å². The third-order valence-electron chi connectivity index (χ3n) is 4.87. The van der Waals surface area contributed by atoms with Crippen LogP contribution in [-0.2, 0) is 6.54 Å². The van der Waals surface area contributed by atoms with Crippen molar-refractivity contribution in [3.8, 4) is 5.75 Å². The molecule has 27 heavy (non-hydrogen) atoms. The maximum Gasteiger partial charge on any atom is 0.156 e. The summed E-state index contributed by atoms with van der Waals surface area (Å²) in [5.41, 5.74) is 4.15. The van der Waals surface area contributed by atoms with Crippen LogP contribution in [0.2, 0.25) is 0 Å². The Balaban J connectivity index is 1.84. The molecule has 0 aliphatic rings. The first-order valence-corrected chi connectivity index (χ1v) is 9.40. The fourth-order valence-electron chi connectivity index (χ4n) is 3.52. The Morgan fingerprint density at radius 1 is 1.04 bits per heavy atom. The van der Waals surface area contributed by atoms with E-state index in [9.17, 15) is 0 Å². The smallest absolute Gasteiger partial charge is 0.156 e. The molecule has 0 saturated heterocycles. The highest BCUT2D eigenvalue weighted by Gasteiger charge is 2.18. The molecule has 5 nitrogen and oxygen atoms in total. The zero-order chi connectivity index (χ0) is 18.6. The summed E-state index contributed by atoms with van der Waals surface area (Å²) in [6.45, 7) is 3.98. The number of rotatable bonds is 7. The lowest BCUT2D eigenvalue weighted by molar-refractivity contribution is 0.420. The number of anilines is 1. The van der Waals surface area contributed by atoms with E-state index in [2.05, 4.69) is 57.1 Å². The van der Waals surface area contributed by atoms with E-state index in [1.807, 2.05) is 18.2 Å². The van der Waals surface area contributed by atoms with Gasteiger partial charge < -0.3 is 14.6 Å². The third kappa shape index (κ3) is 3.33. The van der Waals surface area contributed by atoms with Gasteiger partial charge in [-0.1, -0.05) is 49.7 Å². The predicted molar refractivity (Wildman–Crippen MR) is 110 cm³/mol. The second kappa shape index (κ2) is 7.66. The topological polar surface area (TPSA) is 54.0 Å². The maximum atomic E-state index is 5.56. The van der Waals surface area contributed by atoms with E-state index < -0.39 is 0 Å². The normalized spacial score (nSPS) is 11.2. The van der Waals surface area contributed by atoms with Gasteiger partial charge in [-0.2, -0.15) is 0 Å². The fraction of sp³-hybridized carbons (Fsp3) is 0.273. The van der Waals surface area contributed by atoms with Gasteiger partial charge in [-0.25, -0.2) is 9.97 Å². The molecule has 0 atom stereocenters. The Labute approximate surface area is 159 Å². The fourth-order valence-corrected chi connectivity index (χ4v) is 3.52. The van der Waals surface area contributed by atoms with Gasteiger partial charge in [0.25, 0.3) is 0 Å². The lowest BCUT2D eigenvalue weighted by atomic mass is 10.2. The molecule has 0 unspecified atom stereocenters. The summed E-state index contributed by atoms with van der Waals surface area (Å²) in [6.07, 6.45) is 3.91. The van der Waals surface area contributed by atoms with Gasteiger partial charge in [0, 0.05) is 13.1 Å². The standard InChI is InChI=1S/C22H24N4O/c1-3-4-13-26(14-16-9-6-5-7-10-16)22-21-20(23-15-24-22)19-17(25-21)11-8-12-18(19)27-2/h5-12,15,25H,3-4,13-14H2,1-2H3. The van der Waals surface area contributed by atoms with Gasteiger partial charge in [-0.05, 0) is 24.1 Å². The van der Waals surface area contributed by atoms with E-state index in [1.165, 1.54) is 5.56 Å². The zero-order valence-electron chi connectivity index (χ0n) is 15.8. The Hall–Kier alpha value is -3.08. The number of nitrogens with zero attached hydrogens (tertiary/aromatic N) is 3. The van der Waals surface area contributed by atoms with Gasteiger partial charge in [0.2, 0.25) is 0 Å². The SMILES string of the molecule is CCCCN(Cc1ccccc1)c1ncnc2c1[nH]c1cccc(OC)c12. The second-order valence-electron chi connectivity index (χ2n) is 6.69. The summed E-state index contributed by atoms with van der Waals surface area (Å²) in [6, 6.07) is 16.5. The molecule has 0 fully saturated rings. The highest BCUT2D eigenvalue weighted by atomic mass is 16.5. The number of unbranched alkanes of at least 4 members (excludes halogenated alkanes) is 1. The molecule has 5 heteroatoms. The zero-order valence-corrected chi connectivity index (χ0v) is 15.8. The van der Waals surface area contributed by atoms with Crippen molar-refractivity contribution < 1.29 is 4.74 Å². The minimum atomic E-state index is 0.819. The average Bonchev–Trinajstić information content (AvgIpc) is 3.11. The van der Waals surface area contributed by atoms with E-state index in [4.69, 9.17) is 4.74 Å². The Kier molecular flexibility index (Phi) is 4.92. The van der Waals surface area contributed by atoms with Crippen LogP contribution in [-0.4, -0.2) is 28.6 Å². The van der Waals surface area contributed by atoms with Crippen LogP contribution in [0.15, 0.2) is 54.9 Å². The molecule has 0 bridgehead atoms. The minimum Gasteiger partial charge on any atom is -0.496 e. The van der Waals surface area contributed by atoms with E-state index in [0.717, 1.165) is 59.4 Å². The minimum absolute atomic E-state index is 0.819. The Morgan fingerprint density at radius 3 is 2.67 bits per heavy atom. The number of aromatic amines is 1. The maximum absolute atomic E-state index is 5.56. The summed E-state index contributed by atoms with van der Waals surface area (Å²) in [5, 5.41) is 1.01. The van der Waals surface area contributed by atoms with Gasteiger partial charge in [0.05, 0.1) is 18.0 Å². The number of hydrogen-bond donors (Lipinski definition) is 1. The first-order valence-electron chi connectivity index (χ1n) is 9.40. The van der Waals surface area contributed by atoms with Crippen LogP contribution in [0, 0.1) is 0 Å². The van der Waals surface area contributed by atoms with Crippen molar-refractivity contribution in [2.45, 2.75) is 26.3 Å². The number of methoxy groups -OCH3 is 1. The Morgan fingerprint density at radius 2 is 1.89 bits per heavy atom. The van der Waals surface area contributed by atoms with E-state index in [0.29, 0.717) is 0 Å². The molecule has 2 heterocycles. The molecular formula is C22H24N4O. The van der Waals surface area contributed by atoms with Crippen LogP contribution in [0.25, 0.3) is 21.9 Å². The van der Waals surface area contributed by atoms with Crippen LogP contribution in [0.1, 0.15) is 25.3 Å². The van der Waals surface area contributed by atoms with Crippen LogP contribution in [0.5, 0.6) is 5.75 Å². The average molecular weight is 360 g/mol. The number of fused-ring (bicyclic) bond motifs is 3. The molecule has 2 aromatic heterocycles. The molecule has 4 aromatic rings. The molecule has 0 aliphatic carbocycles. The highest BCUT2D eigenvalue weighted by Crippen LogP contribution is 2.35. The molecule has 2 aromatic carbocycles. The molecule has 0 radical (unpaired) electrons. The first kappa shape index (κ1) is 17.3. The van der Waals surface area contributed by atoms with Crippen LogP contribution in [0.4, 0.5) is 5.82 Å². The lowest BCUT2D eigenvalue weighted by Crippen LogP contribution is -2.25. The van der Waals surface area contributed by atoms with Crippen molar-refractivity contribution in [3.05, 3.63) is 60.4 Å². The Bertz CT molecular complexity index is 1040. The second-order valence-corrected chi connectivity index (χ2v) is 6.69.